The van der Waals surface area contributed by atoms with Crippen molar-refractivity contribution in [2.45, 2.75) is 6.92 Å². The van der Waals surface area contributed by atoms with E-state index in [4.69, 9.17) is 0 Å². The third kappa shape index (κ3) is 2.25. The number of hydrogen-bond acceptors (Lipinski definition) is 4. The Bertz CT molecular complexity index is 948. The van der Waals surface area contributed by atoms with Gasteiger partial charge in [0.25, 0.3) is 0 Å². The van der Waals surface area contributed by atoms with E-state index < -0.39 is 0 Å². The third-order valence-electron chi connectivity index (χ3n) is 3.59. The summed E-state index contributed by atoms with van der Waals surface area (Å²) in [4.78, 5) is 7.87. The molecular weight excluding hydrogens is 292 g/mol. The number of para-hydroxylation sites is 2. The van der Waals surface area contributed by atoms with E-state index >= 15 is 0 Å². The number of aromatic nitrogens is 2. The van der Waals surface area contributed by atoms with Crippen LogP contribution >= 0.6 is 11.3 Å². The molecule has 0 radical (unpaired) electrons. The normalized spacial score (nSPS) is 11.7. The fourth-order valence-corrected chi connectivity index (χ4v) is 3.35. The molecule has 0 fully saturated rings. The van der Waals surface area contributed by atoms with E-state index in [1.807, 2.05) is 36.5 Å². The maximum Gasteiger partial charge on any atom is 0.204 e. The molecule has 4 aromatic rings. The first-order valence-corrected chi connectivity index (χ1v) is 7.85. The van der Waals surface area contributed by atoms with Crippen LogP contribution in [0.5, 0.6) is 0 Å². The van der Waals surface area contributed by atoms with Gasteiger partial charge in [-0.25, -0.2) is 4.98 Å². The number of aryl methyl sites for hydroxylation is 1. The van der Waals surface area contributed by atoms with Crippen LogP contribution in [0.3, 0.4) is 0 Å². The number of H-pyrrole nitrogens is 1. The molecule has 0 unspecified atom stereocenters. The van der Waals surface area contributed by atoms with Crippen LogP contribution in [-0.4, -0.2) is 16.2 Å². The van der Waals surface area contributed by atoms with Crippen molar-refractivity contribution in [2.24, 2.45) is 5.10 Å². The van der Waals surface area contributed by atoms with Gasteiger partial charge >= 0.3 is 0 Å². The predicted octanol–water partition coefficient (Wildman–Crippen LogP) is 4.53. The van der Waals surface area contributed by atoms with Crippen LogP contribution in [0.25, 0.3) is 21.1 Å². The standard InChI is InChI=1S/C17H14N4S/c1-11-13(12-6-2-3-7-14(12)19-11)10-18-21-17-20-15-8-4-5-9-16(15)22-17/h2-10,19H,1H3,(H,20,21). The maximum atomic E-state index is 4.50. The minimum Gasteiger partial charge on any atom is -0.358 e. The summed E-state index contributed by atoms with van der Waals surface area (Å²) >= 11 is 1.60. The molecule has 2 heterocycles. The van der Waals surface area contributed by atoms with Crippen LogP contribution < -0.4 is 5.43 Å². The number of nitrogens with one attached hydrogen (secondary N) is 2. The summed E-state index contributed by atoms with van der Waals surface area (Å²) in [6, 6.07) is 16.3. The van der Waals surface area contributed by atoms with Crippen LogP contribution in [0.4, 0.5) is 5.13 Å². The van der Waals surface area contributed by atoms with Crippen molar-refractivity contribution in [3.05, 3.63) is 59.8 Å². The molecule has 22 heavy (non-hydrogen) atoms. The third-order valence-corrected chi connectivity index (χ3v) is 4.53. The van der Waals surface area contributed by atoms with E-state index in [9.17, 15) is 0 Å². The lowest BCUT2D eigenvalue weighted by Gasteiger charge is -1.94. The highest BCUT2D eigenvalue weighted by Crippen LogP contribution is 2.25. The Balaban J connectivity index is 1.62. The Labute approximate surface area is 131 Å². The van der Waals surface area contributed by atoms with Gasteiger partial charge in [-0.05, 0) is 25.1 Å². The van der Waals surface area contributed by atoms with Gasteiger partial charge in [0.05, 0.1) is 16.4 Å². The van der Waals surface area contributed by atoms with Gasteiger partial charge in [0.1, 0.15) is 0 Å². The molecule has 4 nitrogen and oxygen atoms in total. The number of rotatable bonds is 3. The summed E-state index contributed by atoms with van der Waals surface area (Å²) < 4.78 is 1.16. The molecule has 0 aliphatic rings. The van der Waals surface area contributed by atoms with Gasteiger partial charge in [0.2, 0.25) is 5.13 Å². The average Bonchev–Trinajstić information content (AvgIpc) is 3.08. The van der Waals surface area contributed by atoms with Crippen molar-refractivity contribution >= 4 is 43.8 Å². The van der Waals surface area contributed by atoms with E-state index in [2.05, 4.69) is 45.6 Å². The minimum absolute atomic E-state index is 0.801. The highest BCUT2D eigenvalue weighted by atomic mass is 32.1. The topological polar surface area (TPSA) is 53.1 Å². The monoisotopic (exact) mass is 306 g/mol. The van der Waals surface area contributed by atoms with Gasteiger partial charge in [-0.1, -0.05) is 41.7 Å². The average molecular weight is 306 g/mol. The van der Waals surface area contributed by atoms with Gasteiger partial charge in [-0.3, -0.25) is 5.43 Å². The number of nitrogens with zero attached hydrogens (tertiary/aromatic N) is 2. The molecule has 0 spiro atoms. The Kier molecular flexibility index (Phi) is 3.12. The lowest BCUT2D eigenvalue weighted by Crippen LogP contribution is -1.90. The smallest absolute Gasteiger partial charge is 0.204 e. The molecule has 2 N–H and O–H groups in total. The molecule has 0 amide bonds. The molecular formula is C17H14N4S. The number of hydrogen-bond donors (Lipinski definition) is 2. The number of benzene rings is 2. The Hall–Kier alpha value is -2.66. The van der Waals surface area contributed by atoms with Gasteiger partial charge in [0, 0.05) is 22.2 Å². The molecule has 0 aliphatic carbocycles. The molecule has 2 aromatic carbocycles. The highest BCUT2D eigenvalue weighted by molar-refractivity contribution is 7.22. The van der Waals surface area contributed by atoms with Gasteiger partial charge in [-0.2, -0.15) is 5.10 Å². The quantitative estimate of drug-likeness (QED) is 0.431. The van der Waals surface area contributed by atoms with Crippen molar-refractivity contribution < 1.29 is 0 Å². The second-order valence-electron chi connectivity index (χ2n) is 5.07. The number of aromatic amines is 1. The van der Waals surface area contributed by atoms with E-state index in [0.717, 1.165) is 32.1 Å². The van der Waals surface area contributed by atoms with Crippen molar-refractivity contribution in [3.8, 4) is 0 Å². The maximum absolute atomic E-state index is 4.50. The molecule has 0 saturated carbocycles. The lowest BCUT2D eigenvalue weighted by atomic mass is 10.1. The molecule has 4 rings (SSSR count). The van der Waals surface area contributed by atoms with E-state index in [1.165, 1.54) is 5.39 Å². The molecule has 0 bridgehead atoms. The summed E-state index contributed by atoms with van der Waals surface area (Å²) in [5, 5.41) is 6.32. The SMILES string of the molecule is Cc1[nH]c2ccccc2c1C=NNc1nc2ccccc2s1. The molecule has 2 aromatic heterocycles. The zero-order valence-corrected chi connectivity index (χ0v) is 12.8. The first-order valence-electron chi connectivity index (χ1n) is 7.03. The number of thiazole rings is 1. The number of anilines is 1. The fourth-order valence-electron chi connectivity index (χ4n) is 2.54. The Morgan fingerprint density at radius 1 is 1.14 bits per heavy atom. The van der Waals surface area contributed by atoms with Crippen molar-refractivity contribution in [1.82, 2.24) is 9.97 Å². The first-order chi connectivity index (χ1) is 10.8. The summed E-state index contributed by atoms with van der Waals surface area (Å²) in [6.45, 7) is 2.05. The summed E-state index contributed by atoms with van der Waals surface area (Å²) in [6.07, 6.45) is 1.85. The van der Waals surface area contributed by atoms with Gasteiger partial charge < -0.3 is 4.98 Å². The first kappa shape index (κ1) is 13.0. The minimum atomic E-state index is 0.801. The fraction of sp³-hybridized carbons (Fsp3) is 0.0588. The largest absolute Gasteiger partial charge is 0.358 e. The van der Waals surface area contributed by atoms with Crippen LogP contribution in [0.1, 0.15) is 11.3 Å². The second-order valence-corrected chi connectivity index (χ2v) is 6.10. The molecule has 0 atom stereocenters. The lowest BCUT2D eigenvalue weighted by molar-refractivity contribution is 1.28. The van der Waals surface area contributed by atoms with E-state index in [1.54, 1.807) is 11.3 Å². The van der Waals surface area contributed by atoms with Crippen LogP contribution in [0.15, 0.2) is 53.6 Å². The zero-order valence-electron chi connectivity index (χ0n) is 12.0. The Morgan fingerprint density at radius 2 is 1.95 bits per heavy atom. The highest BCUT2D eigenvalue weighted by Gasteiger charge is 2.05. The predicted molar refractivity (Wildman–Crippen MR) is 93.9 cm³/mol. The molecule has 0 saturated heterocycles. The van der Waals surface area contributed by atoms with Gasteiger partial charge in [-0.15, -0.1) is 0 Å². The summed E-state index contributed by atoms with van der Waals surface area (Å²) in [7, 11) is 0. The van der Waals surface area contributed by atoms with Gasteiger partial charge in [0.15, 0.2) is 0 Å². The molecule has 5 heteroatoms. The van der Waals surface area contributed by atoms with Crippen molar-refractivity contribution in [3.63, 3.8) is 0 Å². The van der Waals surface area contributed by atoms with E-state index in [-0.39, 0.29) is 0 Å². The second kappa shape index (κ2) is 5.27. The van der Waals surface area contributed by atoms with Crippen molar-refractivity contribution in [1.29, 1.82) is 0 Å². The van der Waals surface area contributed by atoms with Crippen LogP contribution in [0, 0.1) is 6.92 Å². The van der Waals surface area contributed by atoms with Crippen molar-refractivity contribution in [2.75, 3.05) is 5.43 Å². The number of hydrazone groups is 1. The van der Waals surface area contributed by atoms with Crippen LogP contribution in [0.2, 0.25) is 0 Å². The summed E-state index contributed by atoms with van der Waals surface area (Å²) in [5.74, 6) is 0. The molecule has 108 valence electrons. The zero-order chi connectivity index (χ0) is 14.9. The Morgan fingerprint density at radius 3 is 2.86 bits per heavy atom. The van der Waals surface area contributed by atoms with E-state index in [0.29, 0.717) is 0 Å². The molecule has 0 aliphatic heterocycles. The number of fused-ring (bicyclic) bond motifs is 2. The van der Waals surface area contributed by atoms with Crippen LogP contribution in [-0.2, 0) is 0 Å². The summed E-state index contributed by atoms with van der Waals surface area (Å²) in [5.41, 5.74) is 7.36.